The van der Waals surface area contributed by atoms with E-state index in [1.54, 1.807) is 0 Å². The standard InChI is InChI=1S/C24H32N2O3/c1-7-12-29-23(28)20-15(2)25-18-13-24(3,4)14-19(27)22(18)21(20)16-8-10-17(11-9-16)26(5)6/h8-11,21,25H,7,12-14H2,1-6H3/t21-/m1/s1. The zero-order valence-electron chi connectivity index (χ0n) is 18.4. The Morgan fingerprint density at radius 2 is 1.86 bits per heavy atom. The average molecular weight is 397 g/mol. The summed E-state index contributed by atoms with van der Waals surface area (Å²) in [5.41, 5.74) is 4.90. The number of anilines is 1. The van der Waals surface area contributed by atoms with Crippen molar-refractivity contribution >= 4 is 17.4 Å². The molecule has 0 radical (unpaired) electrons. The van der Waals surface area contributed by atoms with Gasteiger partial charge in [0, 0.05) is 49.1 Å². The molecule has 1 aromatic carbocycles. The summed E-state index contributed by atoms with van der Waals surface area (Å²) in [6.07, 6.45) is 2.03. The molecule has 29 heavy (non-hydrogen) atoms. The number of nitrogens with zero attached hydrogens (tertiary/aromatic N) is 1. The molecule has 0 amide bonds. The minimum atomic E-state index is -0.393. The van der Waals surface area contributed by atoms with Crippen LogP contribution in [0.15, 0.2) is 46.8 Å². The highest BCUT2D eigenvalue weighted by Gasteiger charge is 2.43. The molecule has 1 aliphatic heterocycles. The summed E-state index contributed by atoms with van der Waals surface area (Å²) in [5.74, 6) is -0.628. The van der Waals surface area contributed by atoms with Gasteiger partial charge < -0.3 is 15.0 Å². The Hall–Kier alpha value is -2.56. The number of allylic oxidation sites excluding steroid dienone is 3. The maximum absolute atomic E-state index is 13.2. The molecular formula is C24H32N2O3. The summed E-state index contributed by atoms with van der Waals surface area (Å²) in [4.78, 5) is 28.2. The highest BCUT2D eigenvalue weighted by atomic mass is 16.5. The predicted octanol–water partition coefficient (Wildman–Crippen LogP) is 4.31. The first-order chi connectivity index (χ1) is 13.6. The Balaban J connectivity index is 2.11. The fourth-order valence-corrected chi connectivity index (χ4v) is 4.28. The number of rotatable bonds is 5. The Bertz CT molecular complexity index is 876. The lowest BCUT2D eigenvalue weighted by molar-refractivity contribution is -0.139. The molecule has 1 aromatic rings. The van der Waals surface area contributed by atoms with Crippen molar-refractivity contribution in [3.8, 4) is 0 Å². The average Bonchev–Trinajstić information content (AvgIpc) is 2.64. The van der Waals surface area contributed by atoms with E-state index in [9.17, 15) is 9.59 Å². The van der Waals surface area contributed by atoms with E-state index in [1.807, 2.05) is 57.1 Å². The molecule has 0 aromatic heterocycles. The van der Waals surface area contributed by atoms with Gasteiger partial charge in [0.05, 0.1) is 12.2 Å². The van der Waals surface area contributed by atoms with Crippen LogP contribution in [0.4, 0.5) is 5.69 Å². The van der Waals surface area contributed by atoms with Gasteiger partial charge in [-0.2, -0.15) is 0 Å². The number of nitrogens with one attached hydrogen (secondary N) is 1. The summed E-state index contributed by atoms with van der Waals surface area (Å²) in [7, 11) is 3.98. The number of hydrogen-bond acceptors (Lipinski definition) is 5. The van der Waals surface area contributed by atoms with E-state index in [1.165, 1.54) is 0 Å². The van der Waals surface area contributed by atoms with Gasteiger partial charge in [-0.25, -0.2) is 4.79 Å². The number of hydrogen-bond donors (Lipinski definition) is 1. The molecule has 0 unspecified atom stereocenters. The lowest BCUT2D eigenvalue weighted by Gasteiger charge is -2.39. The molecule has 1 N–H and O–H groups in total. The Kier molecular flexibility index (Phi) is 5.87. The Labute approximate surface area is 173 Å². The normalized spacial score (nSPS) is 20.9. The number of carbonyl (C=O) groups is 2. The quantitative estimate of drug-likeness (QED) is 0.752. The number of Topliss-reactive ketones (excluding diaryl/α,β-unsaturated/α-hetero) is 1. The molecule has 156 valence electrons. The molecule has 5 heteroatoms. The zero-order chi connectivity index (χ0) is 21.3. The summed E-state index contributed by atoms with van der Waals surface area (Å²) in [5, 5.41) is 3.37. The topological polar surface area (TPSA) is 58.6 Å². The molecule has 5 nitrogen and oxygen atoms in total. The van der Waals surface area contributed by atoms with Crippen LogP contribution in [0.3, 0.4) is 0 Å². The van der Waals surface area contributed by atoms with Crippen molar-refractivity contribution in [1.82, 2.24) is 5.32 Å². The molecule has 2 aliphatic rings. The van der Waals surface area contributed by atoms with Crippen LogP contribution in [0.5, 0.6) is 0 Å². The van der Waals surface area contributed by atoms with Gasteiger partial charge in [0.15, 0.2) is 5.78 Å². The lowest BCUT2D eigenvalue weighted by Crippen LogP contribution is -2.38. The Morgan fingerprint density at radius 3 is 2.45 bits per heavy atom. The van der Waals surface area contributed by atoms with E-state index in [4.69, 9.17) is 4.74 Å². The number of benzene rings is 1. The second-order valence-corrected chi connectivity index (χ2v) is 9.05. The van der Waals surface area contributed by atoms with E-state index in [0.717, 1.165) is 41.1 Å². The molecular weight excluding hydrogens is 364 g/mol. The van der Waals surface area contributed by atoms with Gasteiger partial charge in [-0.1, -0.05) is 32.9 Å². The Morgan fingerprint density at radius 1 is 1.21 bits per heavy atom. The van der Waals surface area contributed by atoms with Crippen molar-refractivity contribution in [1.29, 1.82) is 0 Å². The van der Waals surface area contributed by atoms with Crippen molar-refractivity contribution in [2.45, 2.75) is 52.9 Å². The van der Waals surface area contributed by atoms with Gasteiger partial charge in [0.1, 0.15) is 0 Å². The third-order valence-corrected chi connectivity index (χ3v) is 5.64. The van der Waals surface area contributed by atoms with Crippen molar-refractivity contribution in [2.75, 3.05) is 25.6 Å². The predicted molar refractivity (Wildman–Crippen MR) is 116 cm³/mol. The number of ether oxygens (including phenoxy) is 1. The van der Waals surface area contributed by atoms with Crippen LogP contribution in [-0.2, 0) is 14.3 Å². The molecule has 0 spiro atoms. The van der Waals surface area contributed by atoms with Gasteiger partial charge in [-0.3, -0.25) is 4.79 Å². The molecule has 1 aliphatic carbocycles. The van der Waals surface area contributed by atoms with Crippen LogP contribution in [0.2, 0.25) is 0 Å². The van der Waals surface area contributed by atoms with Crippen molar-refractivity contribution in [3.63, 3.8) is 0 Å². The fraction of sp³-hybridized carbons (Fsp3) is 0.500. The molecule has 0 fully saturated rings. The first-order valence-corrected chi connectivity index (χ1v) is 10.3. The molecule has 0 saturated heterocycles. The maximum atomic E-state index is 13.2. The molecule has 0 bridgehead atoms. The first-order valence-electron chi connectivity index (χ1n) is 10.3. The van der Waals surface area contributed by atoms with Crippen LogP contribution >= 0.6 is 0 Å². The zero-order valence-corrected chi connectivity index (χ0v) is 18.4. The van der Waals surface area contributed by atoms with E-state index < -0.39 is 5.92 Å². The largest absolute Gasteiger partial charge is 0.462 e. The van der Waals surface area contributed by atoms with Crippen LogP contribution in [0.25, 0.3) is 0 Å². The monoisotopic (exact) mass is 396 g/mol. The second-order valence-electron chi connectivity index (χ2n) is 9.05. The van der Waals surface area contributed by atoms with Gasteiger partial charge in [-0.05, 0) is 42.9 Å². The van der Waals surface area contributed by atoms with E-state index in [0.29, 0.717) is 18.6 Å². The lowest BCUT2D eigenvalue weighted by atomic mass is 9.68. The third-order valence-electron chi connectivity index (χ3n) is 5.64. The van der Waals surface area contributed by atoms with Crippen LogP contribution in [0.1, 0.15) is 58.4 Å². The van der Waals surface area contributed by atoms with Gasteiger partial charge >= 0.3 is 5.97 Å². The minimum Gasteiger partial charge on any atom is -0.462 e. The van der Waals surface area contributed by atoms with Crippen LogP contribution in [0, 0.1) is 5.41 Å². The minimum absolute atomic E-state index is 0.0945. The summed E-state index contributed by atoms with van der Waals surface area (Å²) in [6, 6.07) is 8.09. The number of ketones is 1. The summed E-state index contributed by atoms with van der Waals surface area (Å²) >= 11 is 0. The summed E-state index contributed by atoms with van der Waals surface area (Å²) < 4.78 is 5.49. The third kappa shape index (κ3) is 4.24. The number of carbonyl (C=O) groups excluding carboxylic acids is 2. The van der Waals surface area contributed by atoms with Gasteiger partial charge in [0.25, 0.3) is 0 Å². The van der Waals surface area contributed by atoms with Crippen molar-refractivity contribution in [3.05, 3.63) is 52.4 Å². The molecule has 1 heterocycles. The second kappa shape index (κ2) is 8.05. The maximum Gasteiger partial charge on any atom is 0.336 e. The SMILES string of the molecule is CCCOC(=O)C1=C(C)NC2=C(C(=O)CC(C)(C)C2)[C@@H]1c1ccc(N(C)C)cc1. The van der Waals surface area contributed by atoms with Crippen LogP contribution < -0.4 is 10.2 Å². The fourth-order valence-electron chi connectivity index (χ4n) is 4.28. The highest BCUT2D eigenvalue weighted by molar-refractivity contribution is 6.04. The number of dihydropyridines is 1. The van der Waals surface area contributed by atoms with Gasteiger partial charge in [-0.15, -0.1) is 0 Å². The van der Waals surface area contributed by atoms with E-state index >= 15 is 0 Å². The van der Waals surface area contributed by atoms with Crippen molar-refractivity contribution < 1.29 is 14.3 Å². The number of esters is 1. The molecule has 0 saturated carbocycles. The van der Waals surface area contributed by atoms with E-state index in [-0.39, 0.29) is 17.2 Å². The van der Waals surface area contributed by atoms with Gasteiger partial charge in [0.2, 0.25) is 0 Å². The first kappa shape index (κ1) is 21.2. The van der Waals surface area contributed by atoms with Crippen LogP contribution in [-0.4, -0.2) is 32.5 Å². The van der Waals surface area contributed by atoms with Crippen molar-refractivity contribution in [2.24, 2.45) is 5.41 Å². The molecule has 3 rings (SSSR count). The smallest absolute Gasteiger partial charge is 0.336 e. The summed E-state index contributed by atoms with van der Waals surface area (Å²) in [6.45, 7) is 8.47. The molecule has 1 atom stereocenters. The highest BCUT2D eigenvalue weighted by Crippen LogP contribution is 2.46. The van der Waals surface area contributed by atoms with E-state index in [2.05, 4.69) is 19.2 Å².